The summed E-state index contributed by atoms with van der Waals surface area (Å²) in [7, 11) is 1.60. The lowest BCUT2D eigenvalue weighted by Gasteiger charge is -2.05. The molecule has 0 aliphatic carbocycles. The van der Waals surface area contributed by atoms with E-state index in [2.05, 4.69) is 4.99 Å². The Morgan fingerprint density at radius 2 is 1.83 bits per heavy atom. The third-order valence-electron chi connectivity index (χ3n) is 4.05. The highest BCUT2D eigenvalue weighted by atomic mass is 16.6. The molecular weight excluding hydrogens is 302 g/mol. The average molecular weight is 321 g/mol. The lowest BCUT2D eigenvalue weighted by Crippen LogP contribution is -2.05. The van der Waals surface area contributed by atoms with Crippen LogP contribution in [0.15, 0.2) is 47.1 Å². The van der Waals surface area contributed by atoms with Gasteiger partial charge in [-0.05, 0) is 62.2 Å². The number of cyclic esters (lactones) is 1. The molecule has 3 rings (SSSR count). The fourth-order valence-corrected chi connectivity index (χ4v) is 2.52. The number of hydrogen-bond acceptors (Lipinski definition) is 4. The van der Waals surface area contributed by atoms with Crippen LogP contribution in [0.25, 0.3) is 6.08 Å². The fraction of sp³-hybridized carbons (Fsp3) is 0.200. The number of benzene rings is 2. The number of aryl methyl sites for hydroxylation is 3. The van der Waals surface area contributed by atoms with E-state index in [-0.39, 0.29) is 5.70 Å². The second kappa shape index (κ2) is 6.32. The largest absolute Gasteiger partial charge is 0.496 e. The van der Waals surface area contributed by atoms with Crippen molar-refractivity contribution >= 4 is 17.9 Å². The van der Waals surface area contributed by atoms with Gasteiger partial charge in [0.15, 0.2) is 5.70 Å². The normalized spacial score (nSPS) is 15.4. The summed E-state index contributed by atoms with van der Waals surface area (Å²) in [5.74, 6) is 0.573. The van der Waals surface area contributed by atoms with Crippen molar-refractivity contribution in [2.45, 2.75) is 20.8 Å². The van der Waals surface area contributed by atoms with Crippen LogP contribution in [0.2, 0.25) is 0 Å². The molecule has 1 aliphatic heterocycles. The van der Waals surface area contributed by atoms with E-state index in [1.54, 1.807) is 13.2 Å². The van der Waals surface area contributed by atoms with Crippen LogP contribution in [0, 0.1) is 20.8 Å². The van der Waals surface area contributed by atoms with E-state index in [0.717, 1.165) is 22.3 Å². The molecular formula is C20H19NO3. The molecule has 24 heavy (non-hydrogen) atoms. The summed E-state index contributed by atoms with van der Waals surface area (Å²) < 4.78 is 10.7. The third-order valence-corrected chi connectivity index (χ3v) is 4.05. The van der Waals surface area contributed by atoms with Gasteiger partial charge < -0.3 is 9.47 Å². The molecule has 122 valence electrons. The van der Waals surface area contributed by atoms with Gasteiger partial charge in [0.05, 0.1) is 7.11 Å². The first kappa shape index (κ1) is 16.0. The van der Waals surface area contributed by atoms with Crippen molar-refractivity contribution in [1.29, 1.82) is 0 Å². The molecule has 0 radical (unpaired) electrons. The molecule has 0 atom stereocenters. The van der Waals surface area contributed by atoms with Crippen molar-refractivity contribution in [2.24, 2.45) is 4.99 Å². The third kappa shape index (κ3) is 3.08. The van der Waals surface area contributed by atoms with Gasteiger partial charge in [-0.15, -0.1) is 0 Å². The average Bonchev–Trinajstić information content (AvgIpc) is 2.91. The van der Waals surface area contributed by atoms with Gasteiger partial charge >= 0.3 is 5.97 Å². The predicted octanol–water partition coefficient (Wildman–Crippen LogP) is 3.96. The Balaban J connectivity index is 2.00. The second-order valence-corrected chi connectivity index (χ2v) is 5.88. The first-order valence-corrected chi connectivity index (χ1v) is 7.73. The van der Waals surface area contributed by atoms with Gasteiger partial charge in [0.1, 0.15) is 5.75 Å². The Hall–Kier alpha value is -2.88. The minimum absolute atomic E-state index is 0.270. The Morgan fingerprint density at radius 1 is 1.04 bits per heavy atom. The number of carbonyl (C=O) groups excluding carboxylic acids is 1. The van der Waals surface area contributed by atoms with Crippen LogP contribution in [0.4, 0.5) is 0 Å². The van der Waals surface area contributed by atoms with Crippen LogP contribution in [-0.4, -0.2) is 19.0 Å². The van der Waals surface area contributed by atoms with Gasteiger partial charge in [0, 0.05) is 11.1 Å². The maximum absolute atomic E-state index is 12.2. The van der Waals surface area contributed by atoms with E-state index in [1.165, 1.54) is 5.56 Å². The Kier molecular flexibility index (Phi) is 4.21. The number of ether oxygens (including phenoxy) is 2. The van der Waals surface area contributed by atoms with Crippen molar-refractivity contribution in [1.82, 2.24) is 0 Å². The SMILES string of the molecule is COc1ccc(C)cc1/C=C1/N=C(c2ccc(C)c(C)c2)OC1=O. The molecule has 1 heterocycles. The maximum atomic E-state index is 12.2. The summed E-state index contributed by atoms with van der Waals surface area (Å²) in [6.07, 6.45) is 1.70. The van der Waals surface area contributed by atoms with Crippen LogP contribution in [0.1, 0.15) is 27.8 Å². The van der Waals surface area contributed by atoms with Crippen molar-refractivity contribution in [2.75, 3.05) is 7.11 Å². The fourth-order valence-electron chi connectivity index (χ4n) is 2.52. The van der Waals surface area contributed by atoms with Gasteiger partial charge in [-0.1, -0.05) is 17.7 Å². The lowest BCUT2D eigenvalue weighted by molar-refractivity contribution is -0.129. The second-order valence-electron chi connectivity index (χ2n) is 5.88. The molecule has 1 aliphatic rings. The summed E-state index contributed by atoms with van der Waals surface area (Å²) in [5, 5.41) is 0. The van der Waals surface area contributed by atoms with Crippen LogP contribution in [0.3, 0.4) is 0 Å². The van der Waals surface area contributed by atoms with Gasteiger partial charge in [-0.3, -0.25) is 0 Å². The predicted molar refractivity (Wildman–Crippen MR) is 94.3 cm³/mol. The van der Waals surface area contributed by atoms with Gasteiger partial charge in [-0.25, -0.2) is 9.79 Å². The molecule has 0 N–H and O–H groups in total. The first-order valence-electron chi connectivity index (χ1n) is 7.73. The molecule has 2 aromatic carbocycles. The standard InChI is InChI=1S/C20H19NO3/c1-12-5-8-18(23-4)16(9-12)11-17-20(22)24-19(21-17)15-7-6-13(2)14(3)10-15/h5-11H,1-4H3/b17-11+. The van der Waals surface area contributed by atoms with E-state index >= 15 is 0 Å². The molecule has 0 unspecified atom stereocenters. The maximum Gasteiger partial charge on any atom is 0.363 e. The highest BCUT2D eigenvalue weighted by Gasteiger charge is 2.24. The molecule has 0 spiro atoms. The molecule has 0 saturated carbocycles. The monoisotopic (exact) mass is 321 g/mol. The summed E-state index contributed by atoms with van der Waals surface area (Å²) >= 11 is 0. The van der Waals surface area contributed by atoms with Gasteiger partial charge in [0.25, 0.3) is 0 Å². The summed E-state index contributed by atoms with van der Waals surface area (Å²) in [6.45, 7) is 6.04. The van der Waals surface area contributed by atoms with E-state index in [9.17, 15) is 4.79 Å². The first-order chi connectivity index (χ1) is 11.5. The zero-order valence-corrected chi connectivity index (χ0v) is 14.2. The number of esters is 1. The minimum Gasteiger partial charge on any atom is -0.496 e. The molecule has 0 aromatic heterocycles. The highest BCUT2D eigenvalue weighted by molar-refractivity contribution is 6.13. The van der Waals surface area contributed by atoms with E-state index in [4.69, 9.17) is 9.47 Å². The summed E-state index contributed by atoms with van der Waals surface area (Å²) in [6, 6.07) is 11.6. The van der Waals surface area contributed by atoms with Crippen LogP contribution in [-0.2, 0) is 9.53 Å². The summed E-state index contributed by atoms with van der Waals surface area (Å²) in [5.41, 5.74) is 5.26. The van der Waals surface area contributed by atoms with Crippen LogP contribution < -0.4 is 4.74 Å². The molecule has 4 nitrogen and oxygen atoms in total. The number of rotatable bonds is 3. The number of carbonyl (C=O) groups is 1. The number of methoxy groups -OCH3 is 1. The lowest BCUT2D eigenvalue weighted by atomic mass is 10.1. The molecule has 0 amide bonds. The van der Waals surface area contributed by atoms with Crippen molar-refractivity contribution in [3.8, 4) is 5.75 Å². The van der Waals surface area contributed by atoms with E-state index in [0.29, 0.717) is 11.6 Å². The Bertz CT molecular complexity index is 878. The highest BCUT2D eigenvalue weighted by Crippen LogP contribution is 2.26. The molecule has 0 bridgehead atoms. The zero-order chi connectivity index (χ0) is 17.3. The van der Waals surface area contributed by atoms with Crippen molar-refractivity contribution < 1.29 is 14.3 Å². The minimum atomic E-state index is -0.452. The van der Waals surface area contributed by atoms with Crippen LogP contribution in [0.5, 0.6) is 5.75 Å². The number of hydrogen-bond donors (Lipinski definition) is 0. The molecule has 2 aromatic rings. The van der Waals surface area contributed by atoms with Gasteiger partial charge in [-0.2, -0.15) is 0 Å². The Morgan fingerprint density at radius 3 is 2.54 bits per heavy atom. The quantitative estimate of drug-likeness (QED) is 0.635. The summed E-state index contributed by atoms with van der Waals surface area (Å²) in [4.78, 5) is 16.5. The van der Waals surface area contributed by atoms with Crippen molar-refractivity contribution in [3.63, 3.8) is 0 Å². The molecule has 0 fully saturated rings. The van der Waals surface area contributed by atoms with Crippen LogP contribution >= 0.6 is 0 Å². The zero-order valence-electron chi connectivity index (χ0n) is 14.2. The van der Waals surface area contributed by atoms with E-state index < -0.39 is 5.97 Å². The van der Waals surface area contributed by atoms with Gasteiger partial charge in [0.2, 0.25) is 5.90 Å². The number of aliphatic imine (C=N–C) groups is 1. The number of nitrogens with zero attached hydrogens (tertiary/aromatic N) is 1. The molecule has 4 heteroatoms. The van der Waals surface area contributed by atoms with E-state index in [1.807, 2.05) is 57.2 Å². The molecule has 0 saturated heterocycles. The Labute approximate surface area is 141 Å². The smallest absolute Gasteiger partial charge is 0.363 e. The topological polar surface area (TPSA) is 47.9 Å². The van der Waals surface area contributed by atoms with Crippen molar-refractivity contribution in [3.05, 3.63) is 69.9 Å².